The zero-order chi connectivity index (χ0) is 11.5. The van der Waals surface area contributed by atoms with Crippen LogP contribution in [0.3, 0.4) is 0 Å². The second-order valence-corrected chi connectivity index (χ2v) is 5.05. The van der Waals surface area contributed by atoms with Crippen LogP contribution in [-0.2, 0) is 4.79 Å². The van der Waals surface area contributed by atoms with Gasteiger partial charge in [-0.25, -0.2) is 0 Å². The first-order chi connectivity index (χ1) is 7.65. The van der Waals surface area contributed by atoms with E-state index in [9.17, 15) is 4.79 Å². The van der Waals surface area contributed by atoms with Gasteiger partial charge in [-0.3, -0.25) is 4.79 Å². The summed E-state index contributed by atoms with van der Waals surface area (Å²) in [5, 5.41) is 6.00. The van der Waals surface area contributed by atoms with Crippen molar-refractivity contribution in [3.63, 3.8) is 0 Å². The fourth-order valence-corrected chi connectivity index (χ4v) is 1.74. The predicted octanol–water partition coefficient (Wildman–Crippen LogP) is 2.67. The van der Waals surface area contributed by atoms with Gasteiger partial charge in [-0.2, -0.15) is 0 Å². The van der Waals surface area contributed by atoms with Crippen molar-refractivity contribution in [2.75, 3.05) is 5.32 Å². The Balaban J connectivity index is 1.86. The highest BCUT2D eigenvalue weighted by Gasteiger charge is 2.29. The van der Waals surface area contributed by atoms with E-state index in [1.54, 1.807) is 0 Å². The molecule has 0 heterocycles. The molecular weight excluding hydrogens is 288 g/mol. The van der Waals surface area contributed by atoms with Crippen molar-refractivity contribution in [2.24, 2.45) is 5.92 Å². The molecule has 3 nitrogen and oxygen atoms in total. The standard InChI is InChI=1S/C11H11BrN2OS/c12-8-3-5-9(6-4-8)13-11(16)14-10(15)7-1-2-7/h3-7H,1-2H2,(H2,13,14,15,16). The van der Waals surface area contributed by atoms with Crippen LogP contribution in [0.2, 0.25) is 0 Å². The van der Waals surface area contributed by atoms with Crippen molar-refractivity contribution in [1.29, 1.82) is 0 Å². The van der Waals surface area contributed by atoms with Gasteiger partial charge >= 0.3 is 0 Å². The molecule has 0 spiro atoms. The van der Waals surface area contributed by atoms with Gasteiger partial charge in [0.1, 0.15) is 0 Å². The molecule has 0 radical (unpaired) electrons. The van der Waals surface area contributed by atoms with Crippen LogP contribution in [-0.4, -0.2) is 11.0 Å². The van der Waals surface area contributed by atoms with Crippen LogP contribution in [0.25, 0.3) is 0 Å². The molecule has 0 saturated heterocycles. The lowest BCUT2D eigenvalue weighted by atomic mass is 10.3. The van der Waals surface area contributed by atoms with Crippen molar-refractivity contribution in [2.45, 2.75) is 12.8 Å². The highest BCUT2D eigenvalue weighted by Crippen LogP contribution is 2.28. The smallest absolute Gasteiger partial charge is 0.229 e. The quantitative estimate of drug-likeness (QED) is 0.825. The first-order valence-corrected chi connectivity index (χ1v) is 6.23. The largest absolute Gasteiger partial charge is 0.332 e. The molecule has 2 rings (SSSR count). The number of benzene rings is 1. The number of hydrogen-bond donors (Lipinski definition) is 2. The molecule has 1 fully saturated rings. The van der Waals surface area contributed by atoms with Crippen molar-refractivity contribution < 1.29 is 4.79 Å². The van der Waals surface area contributed by atoms with Crippen molar-refractivity contribution in [3.05, 3.63) is 28.7 Å². The molecule has 1 aromatic carbocycles. The molecule has 0 unspecified atom stereocenters. The van der Waals surface area contributed by atoms with Gasteiger partial charge < -0.3 is 10.6 Å². The lowest BCUT2D eigenvalue weighted by molar-refractivity contribution is -0.120. The molecule has 84 valence electrons. The van der Waals surface area contributed by atoms with Crippen molar-refractivity contribution in [1.82, 2.24) is 5.32 Å². The Labute approximate surface area is 108 Å². The normalized spacial score (nSPS) is 14.3. The number of hydrogen-bond acceptors (Lipinski definition) is 2. The van der Waals surface area contributed by atoms with E-state index in [-0.39, 0.29) is 11.8 Å². The monoisotopic (exact) mass is 298 g/mol. The fourth-order valence-electron chi connectivity index (χ4n) is 1.26. The summed E-state index contributed by atoms with van der Waals surface area (Å²) in [5.74, 6) is 0.194. The van der Waals surface area contributed by atoms with Gasteiger partial charge in [0.15, 0.2) is 5.11 Å². The number of anilines is 1. The van der Waals surface area contributed by atoms with E-state index in [0.29, 0.717) is 5.11 Å². The third kappa shape index (κ3) is 3.28. The molecule has 5 heteroatoms. The number of carbonyl (C=O) groups is 1. The second-order valence-electron chi connectivity index (χ2n) is 3.72. The Morgan fingerprint density at radius 3 is 2.50 bits per heavy atom. The van der Waals surface area contributed by atoms with E-state index in [1.165, 1.54) is 0 Å². The molecule has 0 bridgehead atoms. The van der Waals surface area contributed by atoms with Crippen LogP contribution in [0.15, 0.2) is 28.7 Å². The van der Waals surface area contributed by atoms with Gasteiger partial charge in [0, 0.05) is 16.1 Å². The van der Waals surface area contributed by atoms with E-state index >= 15 is 0 Å². The molecule has 1 aliphatic rings. The molecule has 1 amide bonds. The van der Waals surface area contributed by atoms with Crippen LogP contribution in [0.5, 0.6) is 0 Å². The van der Waals surface area contributed by atoms with Gasteiger partial charge in [0.05, 0.1) is 0 Å². The maximum Gasteiger partial charge on any atom is 0.229 e. The number of thiocarbonyl (C=S) groups is 1. The Morgan fingerprint density at radius 1 is 1.31 bits per heavy atom. The minimum atomic E-state index is 0.0228. The molecule has 0 aliphatic heterocycles. The molecule has 1 aliphatic carbocycles. The minimum absolute atomic E-state index is 0.0228. The lowest BCUT2D eigenvalue weighted by Gasteiger charge is -2.08. The molecule has 1 aromatic rings. The maximum absolute atomic E-state index is 11.4. The number of nitrogens with one attached hydrogen (secondary N) is 2. The summed E-state index contributed by atoms with van der Waals surface area (Å²) < 4.78 is 1.01. The fraction of sp³-hybridized carbons (Fsp3) is 0.273. The summed E-state index contributed by atoms with van der Waals surface area (Å²) in [6, 6.07) is 7.60. The number of amides is 1. The average molecular weight is 299 g/mol. The highest BCUT2D eigenvalue weighted by molar-refractivity contribution is 9.10. The summed E-state index contributed by atoms with van der Waals surface area (Å²) in [4.78, 5) is 11.4. The number of halogens is 1. The van der Waals surface area contributed by atoms with Crippen LogP contribution < -0.4 is 10.6 Å². The van der Waals surface area contributed by atoms with E-state index in [4.69, 9.17) is 12.2 Å². The lowest BCUT2D eigenvalue weighted by Crippen LogP contribution is -2.35. The van der Waals surface area contributed by atoms with Crippen LogP contribution in [0.4, 0.5) is 5.69 Å². The summed E-state index contributed by atoms with van der Waals surface area (Å²) >= 11 is 8.39. The first-order valence-electron chi connectivity index (χ1n) is 5.02. The average Bonchev–Trinajstić information content (AvgIpc) is 3.04. The molecule has 0 aromatic heterocycles. The Hall–Kier alpha value is -0.940. The maximum atomic E-state index is 11.4. The van der Waals surface area contributed by atoms with Gasteiger partial charge in [0.2, 0.25) is 5.91 Å². The molecule has 0 atom stereocenters. The molecule has 1 saturated carbocycles. The molecular formula is C11H11BrN2OS. The first kappa shape index (κ1) is 11.5. The SMILES string of the molecule is O=C(NC(=S)Nc1ccc(Br)cc1)C1CC1. The van der Waals surface area contributed by atoms with E-state index < -0.39 is 0 Å². The Bertz CT molecular complexity index is 414. The number of rotatable bonds is 2. The van der Waals surface area contributed by atoms with E-state index in [0.717, 1.165) is 23.0 Å². The minimum Gasteiger partial charge on any atom is -0.332 e. The topological polar surface area (TPSA) is 41.1 Å². The van der Waals surface area contributed by atoms with Gasteiger partial charge in [-0.1, -0.05) is 15.9 Å². The summed E-state index contributed by atoms with van der Waals surface area (Å²) in [5.41, 5.74) is 0.865. The van der Waals surface area contributed by atoms with Gasteiger partial charge in [-0.05, 0) is 49.3 Å². The summed E-state index contributed by atoms with van der Waals surface area (Å²) in [7, 11) is 0. The Kier molecular flexibility index (Phi) is 3.56. The van der Waals surface area contributed by atoms with E-state index in [1.807, 2.05) is 24.3 Å². The highest BCUT2D eigenvalue weighted by atomic mass is 79.9. The third-order valence-electron chi connectivity index (χ3n) is 2.29. The van der Waals surface area contributed by atoms with Crippen LogP contribution in [0.1, 0.15) is 12.8 Å². The molecule has 16 heavy (non-hydrogen) atoms. The van der Waals surface area contributed by atoms with Crippen LogP contribution >= 0.6 is 28.1 Å². The van der Waals surface area contributed by atoms with Gasteiger partial charge in [0.25, 0.3) is 0 Å². The summed E-state index contributed by atoms with van der Waals surface area (Å²) in [6.07, 6.45) is 1.96. The molecule has 2 N–H and O–H groups in total. The van der Waals surface area contributed by atoms with Crippen molar-refractivity contribution >= 4 is 44.9 Å². The zero-order valence-electron chi connectivity index (χ0n) is 8.50. The van der Waals surface area contributed by atoms with Crippen molar-refractivity contribution in [3.8, 4) is 0 Å². The van der Waals surface area contributed by atoms with Crippen LogP contribution in [0, 0.1) is 5.92 Å². The van der Waals surface area contributed by atoms with E-state index in [2.05, 4.69) is 26.6 Å². The zero-order valence-corrected chi connectivity index (χ0v) is 10.9. The predicted molar refractivity (Wildman–Crippen MR) is 71.2 cm³/mol. The van der Waals surface area contributed by atoms with Gasteiger partial charge in [-0.15, -0.1) is 0 Å². The number of carbonyl (C=O) groups excluding carboxylic acids is 1. The Morgan fingerprint density at radius 2 is 1.94 bits per heavy atom. The second kappa shape index (κ2) is 4.93. The third-order valence-corrected chi connectivity index (χ3v) is 3.02. The summed E-state index contributed by atoms with van der Waals surface area (Å²) in [6.45, 7) is 0.